The molecular formula is C48H74O18. The lowest BCUT2D eigenvalue weighted by atomic mass is 9.33. The SMILES string of the molecule is COC(=O)[C@H]1O[C@@H](O[C@H]2CC[C@]3(C)[C@H]4CC=C5[C@@H]6CC(C)(C)C[C@H](O)[C@]67C[C@@H](OC7=O)[C@@]5(C)[C@]4(C)CC[C@H]3C2(C)C)[C@H](O[C@@H]2O[C@@H](C)[C@H](O)[C@@H](O)[C@H]2O)[C@@H](O)[C@@H]1O[C@@H]1OC[C@@H](O)[C@H](O)[C@H]1O. The van der Waals surface area contributed by atoms with E-state index in [4.69, 9.17) is 37.9 Å². The number of esters is 2. The lowest BCUT2D eigenvalue weighted by Gasteiger charge is -2.71. The first kappa shape index (κ1) is 49.1. The first-order valence-electron chi connectivity index (χ1n) is 24.1. The van der Waals surface area contributed by atoms with Crippen molar-refractivity contribution in [3.8, 4) is 0 Å². The van der Waals surface area contributed by atoms with E-state index < -0.39 is 127 Å². The molecule has 18 nitrogen and oxygen atoms in total. The lowest BCUT2D eigenvalue weighted by Crippen LogP contribution is -2.68. The van der Waals surface area contributed by atoms with Crippen molar-refractivity contribution in [2.75, 3.05) is 13.7 Å². The standard InChI is InChI=1S/C48H74O18/c1-20-29(51)31(53)33(55)40(61-20)65-36-34(56)35(64-39-32(54)30(52)23(49)19-60-39)37(38(57)59-9)66-41(36)62-27-13-14-45(6)24(44(27,4)5)12-15-46(7)25(45)11-10-21-22-16-43(2,3)17-26(50)48(22)18-28(47(21,46)8)63-42(48)58/h10,20,22-37,39-41,49-56H,11-19H2,1-9H3/t20-,22-,23+,24-,25+,26-,27-,28+,29-,30-,31+,32+,33+,34-,35-,36+,37-,39-,40-,41+,45-,46+,47-,48-/m0/s1. The summed E-state index contributed by atoms with van der Waals surface area (Å²) in [5.41, 5.74) is -1.26. The maximum absolute atomic E-state index is 14.0. The highest BCUT2D eigenvalue weighted by molar-refractivity contribution is 5.83. The minimum Gasteiger partial charge on any atom is -0.467 e. The number of carbonyl (C=O) groups excluding carboxylic acids is 2. The fraction of sp³-hybridized carbons (Fsp3) is 0.917. The summed E-state index contributed by atoms with van der Waals surface area (Å²) in [5.74, 6) is -1.04. The van der Waals surface area contributed by atoms with Crippen LogP contribution in [0.25, 0.3) is 0 Å². The van der Waals surface area contributed by atoms with Crippen LogP contribution in [0.4, 0.5) is 0 Å². The molecule has 0 amide bonds. The van der Waals surface area contributed by atoms with Crippen LogP contribution >= 0.6 is 0 Å². The van der Waals surface area contributed by atoms with Crippen LogP contribution in [0, 0.1) is 50.2 Å². The van der Waals surface area contributed by atoms with Gasteiger partial charge < -0.3 is 78.7 Å². The van der Waals surface area contributed by atoms with Gasteiger partial charge in [-0.2, -0.15) is 0 Å². The van der Waals surface area contributed by atoms with Crippen molar-refractivity contribution in [3.05, 3.63) is 11.6 Å². The van der Waals surface area contributed by atoms with Crippen LogP contribution in [0.2, 0.25) is 0 Å². The van der Waals surface area contributed by atoms with E-state index in [1.165, 1.54) is 12.5 Å². The Hall–Kier alpha value is -1.88. The van der Waals surface area contributed by atoms with E-state index in [1.54, 1.807) is 0 Å². The van der Waals surface area contributed by atoms with Crippen molar-refractivity contribution >= 4 is 11.9 Å². The van der Waals surface area contributed by atoms with Crippen molar-refractivity contribution in [1.29, 1.82) is 0 Å². The summed E-state index contributed by atoms with van der Waals surface area (Å²) in [4.78, 5) is 27.5. The molecule has 18 heteroatoms. The Balaban J connectivity index is 1.01. The van der Waals surface area contributed by atoms with Gasteiger partial charge in [0, 0.05) is 11.8 Å². The van der Waals surface area contributed by atoms with Crippen molar-refractivity contribution in [2.45, 2.75) is 211 Å². The smallest absolute Gasteiger partial charge is 0.337 e. The molecule has 0 radical (unpaired) electrons. The molecule has 2 bridgehead atoms. The Bertz CT molecular complexity index is 1910. The van der Waals surface area contributed by atoms with Gasteiger partial charge in [-0.3, -0.25) is 4.79 Å². The van der Waals surface area contributed by atoms with Crippen molar-refractivity contribution in [3.63, 3.8) is 0 Å². The first-order chi connectivity index (χ1) is 30.8. The number of allylic oxidation sites excluding steroid dienone is 1. The van der Waals surface area contributed by atoms with Gasteiger partial charge in [0.2, 0.25) is 0 Å². The summed E-state index contributed by atoms with van der Waals surface area (Å²) in [5, 5.41) is 87.4. The summed E-state index contributed by atoms with van der Waals surface area (Å²) < 4.78 is 48.3. The second-order valence-corrected chi connectivity index (χ2v) is 23.5. The molecule has 4 saturated carbocycles. The van der Waals surface area contributed by atoms with Crippen molar-refractivity contribution < 1.29 is 88.3 Å². The van der Waals surface area contributed by atoms with Crippen molar-refractivity contribution in [2.24, 2.45) is 50.2 Å². The van der Waals surface area contributed by atoms with E-state index in [9.17, 15) is 50.4 Å². The number of methoxy groups -OCH3 is 1. The van der Waals surface area contributed by atoms with Gasteiger partial charge in [-0.1, -0.05) is 60.1 Å². The minimum atomic E-state index is -1.85. The van der Waals surface area contributed by atoms with Gasteiger partial charge >= 0.3 is 11.9 Å². The normalized spacial score (nSPS) is 55.0. The molecule has 5 aliphatic carbocycles. The van der Waals surface area contributed by atoms with Crippen LogP contribution in [-0.2, 0) is 47.5 Å². The third-order valence-corrected chi connectivity index (χ3v) is 19.3. The zero-order valence-electron chi connectivity index (χ0n) is 39.6. The highest BCUT2D eigenvalue weighted by atomic mass is 16.8. The number of fused-ring (bicyclic) bond motifs is 8. The molecule has 9 aliphatic rings. The highest BCUT2D eigenvalue weighted by Gasteiger charge is 2.77. The van der Waals surface area contributed by atoms with E-state index in [0.717, 1.165) is 39.2 Å². The predicted octanol–water partition coefficient (Wildman–Crippen LogP) is 0.975. The molecule has 4 heterocycles. The number of hydrogen-bond donors (Lipinski definition) is 8. The zero-order valence-corrected chi connectivity index (χ0v) is 39.6. The molecule has 1 spiro atoms. The molecule has 0 aromatic heterocycles. The molecule has 4 saturated heterocycles. The Morgan fingerprint density at radius 3 is 2.11 bits per heavy atom. The molecule has 0 aromatic carbocycles. The number of rotatable bonds is 7. The highest BCUT2D eigenvalue weighted by Crippen LogP contribution is 2.77. The average Bonchev–Trinajstić information content (AvgIpc) is 3.58. The van der Waals surface area contributed by atoms with E-state index in [1.807, 2.05) is 0 Å². The van der Waals surface area contributed by atoms with Gasteiger partial charge in [0.25, 0.3) is 0 Å². The first-order valence-corrected chi connectivity index (χ1v) is 24.1. The number of ether oxygens (including phenoxy) is 8. The van der Waals surface area contributed by atoms with Gasteiger partial charge in [0.05, 0.1) is 32.0 Å². The van der Waals surface area contributed by atoms with Crippen LogP contribution in [0.3, 0.4) is 0 Å². The third kappa shape index (κ3) is 7.00. The maximum atomic E-state index is 14.0. The average molecular weight is 939 g/mol. The lowest BCUT2D eigenvalue weighted by molar-refractivity contribution is -0.386. The molecular weight excluding hydrogens is 865 g/mol. The number of aliphatic hydroxyl groups excluding tert-OH is 8. The fourth-order valence-corrected chi connectivity index (χ4v) is 15.5. The van der Waals surface area contributed by atoms with E-state index in [0.29, 0.717) is 19.3 Å². The topological polar surface area (TPSA) is 270 Å². The Labute approximate surface area is 386 Å². The largest absolute Gasteiger partial charge is 0.467 e. The quantitative estimate of drug-likeness (QED) is 0.100. The number of carbonyl (C=O) groups is 2. The summed E-state index contributed by atoms with van der Waals surface area (Å²) in [6.07, 6.45) is -16.2. The second kappa shape index (κ2) is 16.6. The Kier molecular flexibility index (Phi) is 12.4. The molecule has 0 unspecified atom stereocenters. The number of aliphatic hydroxyl groups is 8. The van der Waals surface area contributed by atoms with Crippen molar-refractivity contribution in [1.82, 2.24) is 0 Å². The van der Waals surface area contributed by atoms with Crippen LogP contribution in [0.5, 0.6) is 0 Å². The minimum absolute atomic E-state index is 0.0951. The molecule has 8 fully saturated rings. The van der Waals surface area contributed by atoms with Gasteiger partial charge in [0.1, 0.15) is 66.5 Å². The summed E-state index contributed by atoms with van der Waals surface area (Å²) in [6.45, 7) is 16.8. The monoisotopic (exact) mass is 938 g/mol. The van der Waals surface area contributed by atoms with Gasteiger partial charge in [-0.25, -0.2) is 4.79 Å². The summed E-state index contributed by atoms with van der Waals surface area (Å²) in [6, 6.07) is 0. The Morgan fingerprint density at radius 1 is 0.727 bits per heavy atom. The third-order valence-electron chi connectivity index (χ3n) is 19.3. The fourth-order valence-electron chi connectivity index (χ4n) is 15.5. The summed E-state index contributed by atoms with van der Waals surface area (Å²) in [7, 11) is 1.12. The second-order valence-electron chi connectivity index (χ2n) is 23.5. The zero-order chi connectivity index (χ0) is 48.0. The molecule has 24 atom stereocenters. The molecule has 374 valence electrons. The molecule has 9 rings (SSSR count). The van der Waals surface area contributed by atoms with Crippen LogP contribution in [-0.4, -0.2) is 171 Å². The molecule has 0 aromatic rings. The van der Waals surface area contributed by atoms with E-state index in [2.05, 4.69) is 54.5 Å². The van der Waals surface area contributed by atoms with Crippen LogP contribution < -0.4 is 0 Å². The molecule has 66 heavy (non-hydrogen) atoms. The predicted molar refractivity (Wildman–Crippen MR) is 227 cm³/mol. The van der Waals surface area contributed by atoms with E-state index >= 15 is 0 Å². The summed E-state index contributed by atoms with van der Waals surface area (Å²) >= 11 is 0. The van der Waals surface area contributed by atoms with Crippen LogP contribution in [0.1, 0.15) is 107 Å². The van der Waals surface area contributed by atoms with E-state index in [-0.39, 0.29) is 46.1 Å². The Morgan fingerprint density at radius 2 is 1.41 bits per heavy atom. The number of hydrogen-bond acceptors (Lipinski definition) is 18. The van der Waals surface area contributed by atoms with Gasteiger partial charge in [-0.15, -0.1) is 0 Å². The molecule has 4 aliphatic heterocycles. The maximum Gasteiger partial charge on any atom is 0.337 e. The van der Waals surface area contributed by atoms with Gasteiger partial charge in [0.15, 0.2) is 25.0 Å². The molecule has 8 N–H and O–H groups in total. The van der Waals surface area contributed by atoms with Crippen LogP contribution in [0.15, 0.2) is 11.6 Å². The van der Waals surface area contributed by atoms with Gasteiger partial charge in [-0.05, 0) is 91.3 Å².